The van der Waals surface area contributed by atoms with Crippen LogP contribution in [0.3, 0.4) is 0 Å². The van der Waals surface area contributed by atoms with Gasteiger partial charge in [-0.25, -0.2) is 0 Å². The Morgan fingerprint density at radius 3 is 2.60 bits per heavy atom. The van der Waals surface area contributed by atoms with Crippen molar-refractivity contribution in [2.45, 2.75) is 39.2 Å². The lowest BCUT2D eigenvalue weighted by Crippen LogP contribution is -2.33. The second-order valence-electron chi connectivity index (χ2n) is 7.68. The van der Waals surface area contributed by atoms with Crippen molar-refractivity contribution in [1.29, 1.82) is 0 Å². The Labute approximate surface area is 178 Å². The number of para-hydroxylation sites is 1. The summed E-state index contributed by atoms with van der Waals surface area (Å²) < 4.78 is 10.6. The maximum Gasteiger partial charge on any atom is 0.227 e. The van der Waals surface area contributed by atoms with E-state index in [0.717, 1.165) is 23.2 Å². The normalized spacial score (nSPS) is 17.0. The summed E-state index contributed by atoms with van der Waals surface area (Å²) >= 11 is 0. The molecule has 3 rings (SSSR count). The summed E-state index contributed by atoms with van der Waals surface area (Å²) in [6.07, 6.45) is 1.22. The highest BCUT2D eigenvalue weighted by molar-refractivity contribution is 6.00. The maximum absolute atomic E-state index is 12.7. The molecule has 2 amide bonds. The Morgan fingerprint density at radius 2 is 1.90 bits per heavy atom. The van der Waals surface area contributed by atoms with E-state index in [4.69, 9.17) is 9.47 Å². The van der Waals surface area contributed by atoms with Gasteiger partial charge in [0, 0.05) is 25.2 Å². The monoisotopic (exact) mass is 410 g/mol. The summed E-state index contributed by atoms with van der Waals surface area (Å²) in [5, 5.41) is 2.96. The average molecular weight is 411 g/mol. The van der Waals surface area contributed by atoms with E-state index in [1.807, 2.05) is 36.4 Å². The fourth-order valence-corrected chi connectivity index (χ4v) is 3.81. The molecule has 6 heteroatoms. The van der Waals surface area contributed by atoms with Crippen LogP contribution in [0, 0.1) is 5.92 Å². The quantitative estimate of drug-likeness (QED) is 0.717. The fourth-order valence-electron chi connectivity index (χ4n) is 3.81. The van der Waals surface area contributed by atoms with Crippen LogP contribution in [0.1, 0.15) is 43.7 Å². The van der Waals surface area contributed by atoms with Gasteiger partial charge in [0.05, 0.1) is 20.1 Å². The highest BCUT2D eigenvalue weighted by Gasteiger charge is 2.36. The molecule has 1 N–H and O–H groups in total. The maximum atomic E-state index is 12.7. The van der Waals surface area contributed by atoms with Crippen LogP contribution in [0.2, 0.25) is 0 Å². The van der Waals surface area contributed by atoms with E-state index in [0.29, 0.717) is 30.5 Å². The van der Waals surface area contributed by atoms with Crippen molar-refractivity contribution in [1.82, 2.24) is 5.32 Å². The summed E-state index contributed by atoms with van der Waals surface area (Å²) in [6, 6.07) is 13.5. The van der Waals surface area contributed by atoms with Crippen LogP contribution in [-0.4, -0.2) is 32.6 Å². The molecule has 0 radical (unpaired) electrons. The minimum atomic E-state index is -0.359. The molecule has 0 spiro atoms. The molecular weight excluding hydrogens is 380 g/mol. The number of nitrogens with one attached hydrogen (secondary N) is 1. The zero-order chi connectivity index (χ0) is 21.7. The van der Waals surface area contributed by atoms with Gasteiger partial charge in [0.15, 0.2) is 11.5 Å². The molecular formula is C24H30N2O4. The van der Waals surface area contributed by atoms with Gasteiger partial charge in [0.2, 0.25) is 11.8 Å². The number of hydrogen-bond acceptors (Lipinski definition) is 4. The van der Waals surface area contributed by atoms with Crippen LogP contribution in [0.25, 0.3) is 0 Å². The Balaban J connectivity index is 1.66. The first kappa shape index (κ1) is 21.7. The summed E-state index contributed by atoms with van der Waals surface area (Å²) in [4.78, 5) is 27.2. The van der Waals surface area contributed by atoms with Crippen LogP contribution in [0.5, 0.6) is 11.5 Å². The van der Waals surface area contributed by atoms with Gasteiger partial charge in [-0.3, -0.25) is 9.59 Å². The van der Waals surface area contributed by atoms with E-state index in [2.05, 4.69) is 25.2 Å². The standard InChI is InChI=1S/C24H30N2O4/c1-5-16(2)19-8-6-7-9-20(19)26-15-18(13-23(26)27)24(28)25-14-17-10-11-21(29-3)22(12-17)30-4/h6-12,16,18H,5,13-15H2,1-4H3,(H,25,28). The number of amides is 2. The van der Waals surface area contributed by atoms with Crippen molar-refractivity contribution in [2.75, 3.05) is 25.7 Å². The average Bonchev–Trinajstić information content (AvgIpc) is 3.18. The van der Waals surface area contributed by atoms with Gasteiger partial charge in [0.1, 0.15) is 0 Å². The zero-order valence-corrected chi connectivity index (χ0v) is 18.1. The van der Waals surface area contributed by atoms with E-state index in [1.165, 1.54) is 0 Å². The zero-order valence-electron chi connectivity index (χ0n) is 18.1. The van der Waals surface area contributed by atoms with Gasteiger partial charge < -0.3 is 19.7 Å². The third kappa shape index (κ3) is 4.58. The Hall–Kier alpha value is -3.02. The molecule has 1 fully saturated rings. The van der Waals surface area contributed by atoms with E-state index in [1.54, 1.807) is 19.1 Å². The Morgan fingerprint density at radius 1 is 1.17 bits per heavy atom. The van der Waals surface area contributed by atoms with Crippen LogP contribution in [0.4, 0.5) is 5.69 Å². The molecule has 6 nitrogen and oxygen atoms in total. The molecule has 0 aliphatic carbocycles. The number of anilines is 1. The van der Waals surface area contributed by atoms with Gasteiger partial charge >= 0.3 is 0 Å². The first-order valence-electron chi connectivity index (χ1n) is 10.4. The lowest BCUT2D eigenvalue weighted by Gasteiger charge is -2.23. The molecule has 0 bridgehead atoms. The van der Waals surface area contributed by atoms with Crippen LogP contribution in [0.15, 0.2) is 42.5 Å². The number of hydrogen-bond donors (Lipinski definition) is 1. The van der Waals surface area contributed by atoms with Gasteiger partial charge in [0.25, 0.3) is 0 Å². The van der Waals surface area contributed by atoms with Crippen LogP contribution < -0.4 is 19.7 Å². The summed E-state index contributed by atoms with van der Waals surface area (Å²) in [6.45, 7) is 5.07. The lowest BCUT2D eigenvalue weighted by molar-refractivity contribution is -0.126. The number of carbonyl (C=O) groups excluding carboxylic acids is 2. The van der Waals surface area contributed by atoms with Crippen molar-refractivity contribution in [3.63, 3.8) is 0 Å². The molecule has 2 aromatic carbocycles. The van der Waals surface area contributed by atoms with E-state index >= 15 is 0 Å². The highest BCUT2D eigenvalue weighted by atomic mass is 16.5. The molecule has 1 heterocycles. The summed E-state index contributed by atoms with van der Waals surface area (Å²) in [5.41, 5.74) is 2.98. The van der Waals surface area contributed by atoms with Crippen molar-refractivity contribution in [3.05, 3.63) is 53.6 Å². The summed E-state index contributed by atoms with van der Waals surface area (Å²) in [5.74, 6) is 1.14. The van der Waals surface area contributed by atoms with Gasteiger partial charge in [-0.1, -0.05) is 38.1 Å². The topological polar surface area (TPSA) is 67.9 Å². The molecule has 2 unspecified atom stereocenters. The molecule has 1 aliphatic heterocycles. The second-order valence-corrected chi connectivity index (χ2v) is 7.68. The molecule has 2 aromatic rings. The number of benzene rings is 2. The minimum absolute atomic E-state index is 0.00276. The molecule has 30 heavy (non-hydrogen) atoms. The van der Waals surface area contributed by atoms with Crippen molar-refractivity contribution in [3.8, 4) is 11.5 Å². The fraction of sp³-hybridized carbons (Fsp3) is 0.417. The van der Waals surface area contributed by atoms with E-state index in [9.17, 15) is 9.59 Å². The molecule has 0 aromatic heterocycles. The van der Waals surface area contributed by atoms with Crippen LogP contribution >= 0.6 is 0 Å². The predicted octanol–water partition coefficient (Wildman–Crippen LogP) is 3.89. The molecule has 1 saturated heterocycles. The SMILES string of the molecule is CCC(C)c1ccccc1N1CC(C(=O)NCc2ccc(OC)c(OC)c2)CC1=O. The van der Waals surface area contributed by atoms with Crippen LogP contribution in [-0.2, 0) is 16.1 Å². The number of rotatable bonds is 8. The third-order valence-corrected chi connectivity index (χ3v) is 5.78. The first-order valence-corrected chi connectivity index (χ1v) is 10.4. The Bertz CT molecular complexity index is 912. The first-order chi connectivity index (χ1) is 14.5. The van der Waals surface area contributed by atoms with Crippen molar-refractivity contribution in [2.24, 2.45) is 5.92 Å². The third-order valence-electron chi connectivity index (χ3n) is 5.78. The molecule has 0 saturated carbocycles. The smallest absolute Gasteiger partial charge is 0.227 e. The van der Waals surface area contributed by atoms with Crippen molar-refractivity contribution < 1.29 is 19.1 Å². The number of methoxy groups -OCH3 is 2. The van der Waals surface area contributed by atoms with Gasteiger partial charge in [-0.2, -0.15) is 0 Å². The number of nitrogens with zero attached hydrogens (tertiary/aromatic N) is 1. The second kappa shape index (κ2) is 9.65. The molecule has 160 valence electrons. The number of carbonyl (C=O) groups is 2. The summed E-state index contributed by atoms with van der Waals surface area (Å²) in [7, 11) is 3.16. The molecule has 2 atom stereocenters. The number of ether oxygens (including phenoxy) is 2. The van der Waals surface area contributed by atoms with Gasteiger partial charge in [-0.05, 0) is 41.7 Å². The Kier molecular flexibility index (Phi) is 6.98. The minimum Gasteiger partial charge on any atom is -0.493 e. The lowest BCUT2D eigenvalue weighted by atomic mass is 9.96. The predicted molar refractivity (Wildman–Crippen MR) is 117 cm³/mol. The largest absolute Gasteiger partial charge is 0.493 e. The van der Waals surface area contributed by atoms with Gasteiger partial charge in [-0.15, -0.1) is 0 Å². The van der Waals surface area contributed by atoms with Crippen molar-refractivity contribution >= 4 is 17.5 Å². The van der Waals surface area contributed by atoms with E-state index < -0.39 is 0 Å². The van der Waals surface area contributed by atoms with E-state index in [-0.39, 0.29) is 24.2 Å². The molecule has 1 aliphatic rings. The highest BCUT2D eigenvalue weighted by Crippen LogP contribution is 2.33.